The smallest absolute Gasteiger partial charge is 0.265 e. The Morgan fingerprint density at radius 1 is 1.10 bits per heavy atom. The Kier molecular flexibility index (Phi) is 5.09. The first-order valence-electron chi connectivity index (χ1n) is 10.0. The highest BCUT2D eigenvalue weighted by atomic mass is 79.9. The molecule has 2 heterocycles. The summed E-state index contributed by atoms with van der Waals surface area (Å²) >= 11 is 9.39. The summed E-state index contributed by atoms with van der Waals surface area (Å²) in [5, 5.41) is 1.77. The second-order valence-corrected chi connectivity index (χ2v) is 8.91. The number of rotatable bonds is 2. The van der Waals surface area contributed by atoms with Crippen LogP contribution < -0.4 is 4.74 Å². The molecule has 0 radical (unpaired) electrons. The Balaban J connectivity index is 0.00000231. The zero-order valence-corrected chi connectivity index (χ0v) is 19.0. The largest absolute Gasteiger partial charge is 0.432 e. The summed E-state index contributed by atoms with van der Waals surface area (Å²) < 4.78 is 7.17. The summed E-state index contributed by atoms with van der Waals surface area (Å²) in [4.78, 5) is 5.87. The average molecular weight is 479 g/mol. The zero-order valence-electron chi connectivity index (χ0n) is 16.6. The maximum atomic E-state index is 6.07. The Hall–Kier alpha value is -2.63. The molecule has 1 N–H and O–H groups in total. The first-order chi connectivity index (χ1) is 14.6. The molecule has 0 spiro atoms. The van der Waals surface area contributed by atoms with Gasteiger partial charge in [0.1, 0.15) is 5.75 Å². The molecule has 5 rings (SSSR count). The summed E-state index contributed by atoms with van der Waals surface area (Å²) in [5.74, 6) is 0.761. The van der Waals surface area contributed by atoms with Gasteiger partial charge in [-0.25, -0.2) is 0 Å². The van der Waals surface area contributed by atoms with Crippen molar-refractivity contribution >= 4 is 44.2 Å². The average Bonchev–Trinajstić information content (AvgIpc) is 3.12. The van der Waals surface area contributed by atoms with Crippen LogP contribution in [0.25, 0.3) is 10.9 Å². The predicted octanol–water partition coefficient (Wildman–Crippen LogP) is 6.80. The van der Waals surface area contributed by atoms with Crippen molar-refractivity contribution in [3.8, 4) is 5.75 Å². The maximum Gasteiger partial charge on any atom is 0.265 e. The van der Waals surface area contributed by atoms with Crippen molar-refractivity contribution < 1.29 is 6.16 Å². The monoisotopic (exact) mass is 478 g/mol. The molecule has 0 saturated heterocycles. The van der Waals surface area contributed by atoms with Crippen LogP contribution in [-0.2, 0) is 6.42 Å². The number of benzene rings is 3. The number of nitrogens with zero attached hydrogens (tertiary/aromatic N) is 1. The van der Waals surface area contributed by atoms with Gasteiger partial charge < -0.3 is 14.6 Å². The molecule has 0 aliphatic carbocycles. The van der Waals surface area contributed by atoms with Crippen LogP contribution in [0.4, 0.5) is 0 Å². The van der Waals surface area contributed by atoms with Crippen molar-refractivity contribution in [2.45, 2.75) is 19.4 Å². The molecular weight excluding hydrogens is 456 g/mol. The molecule has 30 heavy (non-hydrogen) atoms. The quantitative estimate of drug-likeness (QED) is 0.321. The highest BCUT2D eigenvalue weighted by molar-refractivity contribution is 9.10. The van der Waals surface area contributed by atoms with Gasteiger partial charge >= 0.3 is 0 Å². The first-order valence-corrected chi connectivity index (χ1v) is 11.2. The van der Waals surface area contributed by atoms with Crippen molar-refractivity contribution in [2.24, 2.45) is 0 Å². The number of fused-ring (bicyclic) bond motifs is 3. The van der Waals surface area contributed by atoms with E-state index < -0.39 is 0 Å². The number of hydrogen-bond donors (Lipinski definition) is 1. The lowest BCUT2D eigenvalue weighted by molar-refractivity contribution is 0.289. The number of ether oxygens (including phenoxy) is 1. The molecule has 0 fully saturated rings. The molecular formula is C25H23BrN2OS. The number of nitrogens with one attached hydrogen (secondary N) is 1. The highest BCUT2D eigenvalue weighted by Gasteiger charge is 2.34. The number of aryl methyl sites for hydroxylation is 1. The first kappa shape index (κ1) is 19.3. The molecule has 1 aliphatic heterocycles. The Bertz CT molecular complexity index is 1220. The fraction of sp³-hybridized carbons (Fsp3) is 0.160. The van der Waals surface area contributed by atoms with Crippen LogP contribution in [0.3, 0.4) is 0 Å². The molecule has 0 saturated carbocycles. The fourth-order valence-electron chi connectivity index (χ4n) is 4.20. The van der Waals surface area contributed by atoms with Gasteiger partial charge in [0.25, 0.3) is 5.17 Å². The molecule has 5 heteroatoms. The van der Waals surface area contributed by atoms with Crippen molar-refractivity contribution in [3.05, 3.63) is 99.7 Å². The molecule has 152 valence electrons. The molecule has 1 unspecified atom stereocenters. The summed E-state index contributed by atoms with van der Waals surface area (Å²) in [6.07, 6.45) is 0.909. The highest BCUT2D eigenvalue weighted by Crippen LogP contribution is 2.39. The van der Waals surface area contributed by atoms with Gasteiger partial charge in [-0.05, 0) is 67.0 Å². The normalized spacial score (nSPS) is 15.8. The lowest BCUT2D eigenvalue weighted by Gasteiger charge is -2.37. The van der Waals surface area contributed by atoms with E-state index in [0.717, 1.165) is 28.7 Å². The Morgan fingerprint density at radius 2 is 1.87 bits per heavy atom. The second kappa shape index (κ2) is 7.89. The topological polar surface area (TPSA) is 28.3 Å². The molecule has 3 nitrogen and oxygen atoms in total. The third-order valence-electron chi connectivity index (χ3n) is 5.66. The van der Waals surface area contributed by atoms with E-state index in [0.29, 0.717) is 5.17 Å². The Morgan fingerprint density at radius 3 is 2.63 bits per heavy atom. The number of para-hydroxylation sites is 1. The minimum atomic E-state index is -0.0169. The van der Waals surface area contributed by atoms with Crippen molar-refractivity contribution in [3.63, 3.8) is 0 Å². The van der Waals surface area contributed by atoms with Crippen LogP contribution in [0.5, 0.6) is 5.75 Å². The van der Waals surface area contributed by atoms with E-state index in [1.165, 1.54) is 27.8 Å². The number of halogens is 1. The summed E-state index contributed by atoms with van der Waals surface area (Å²) in [7, 11) is 0. The van der Waals surface area contributed by atoms with E-state index in [-0.39, 0.29) is 7.47 Å². The molecule has 4 aromatic rings. The minimum Gasteiger partial charge on any atom is -0.432 e. The number of aromatic nitrogens is 1. The van der Waals surface area contributed by atoms with Gasteiger partial charge in [-0.15, -0.1) is 0 Å². The number of hydrogen-bond acceptors (Lipinski definition) is 2. The Labute approximate surface area is 191 Å². The molecule has 0 bridgehead atoms. The van der Waals surface area contributed by atoms with Crippen molar-refractivity contribution in [1.82, 2.24) is 9.88 Å². The summed E-state index contributed by atoms with van der Waals surface area (Å²) in [5.41, 5.74) is 6.14. The fourth-order valence-corrected chi connectivity index (χ4v) is 4.85. The third-order valence-corrected chi connectivity index (χ3v) is 6.48. The van der Waals surface area contributed by atoms with Gasteiger partial charge in [0.2, 0.25) is 0 Å². The molecule has 1 atom stereocenters. The second-order valence-electron chi connectivity index (χ2n) is 7.64. The minimum absolute atomic E-state index is 0. The molecule has 1 aliphatic rings. The number of aromatic amines is 1. The number of H-pyrrole nitrogens is 1. The van der Waals surface area contributed by atoms with Crippen LogP contribution in [0, 0.1) is 6.92 Å². The van der Waals surface area contributed by atoms with Gasteiger partial charge in [0.05, 0.1) is 6.04 Å². The van der Waals surface area contributed by atoms with Gasteiger partial charge in [0.15, 0.2) is 0 Å². The van der Waals surface area contributed by atoms with Gasteiger partial charge in [-0.1, -0.05) is 64.0 Å². The zero-order chi connectivity index (χ0) is 20.7. The van der Waals surface area contributed by atoms with E-state index >= 15 is 0 Å². The molecule has 1 aromatic heterocycles. The van der Waals surface area contributed by atoms with E-state index in [9.17, 15) is 0 Å². The van der Waals surface area contributed by atoms with Crippen LogP contribution in [0.2, 0.25) is 0 Å². The maximum absolute atomic E-state index is 6.07. The van der Waals surface area contributed by atoms with E-state index in [2.05, 4.69) is 75.2 Å². The van der Waals surface area contributed by atoms with Crippen molar-refractivity contribution in [2.75, 3.05) is 6.54 Å². The van der Waals surface area contributed by atoms with Gasteiger partial charge in [-0.2, -0.15) is 0 Å². The lowest BCUT2D eigenvalue weighted by atomic mass is 9.92. The summed E-state index contributed by atoms with van der Waals surface area (Å²) in [6.45, 7) is 2.91. The molecule has 3 aromatic carbocycles. The molecule has 0 amide bonds. The van der Waals surface area contributed by atoms with Crippen molar-refractivity contribution in [1.29, 1.82) is 0 Å². The van der Waals surface area contributed by atoms with Crippen LogP contribution >= 0.6 is 28.1 Å². The third kappa shape index (κ3) is 3.53. The van der Waals surface area contributed by atoms with E-state index in [1.54, 1.807) is 0 Å². The summed E-state index contributed by atoms with van der Waals surface area (Å²) in [6, 6.07) is 24.8. The van der Waals surface area contributed by atoms with Crippen LogP contribution in [-0.4, -0.2) is 21.6 Å². The van der Waals surface area contributed by atoms with Gasteiger partial charge in [0, 0.05) is 29.0 Å². The van der Waals surface area contributed by atoms with Gasteiger partial charge in [-0.3, -0.25) is 0 Å². The number of thiocarbonyl (C=S) groups is 1. The van der Waals surface area contributed by atoms with Crippen LogP contribution in [0.1, 0.15) is 29.9 Å². The van der Waals surface area contributed by atoms with E-state index in [1.807, 2.05) is 30.3 Å². The standard InChI is InChI=1S/C25H21BrN2OS.H2/c1-16-7-9-17(10-8-16)24-23-20(21-15-18(26)11-12-22(21)27-23)13-14-28(24)25(30)29-19-5-3-2-4-6-19;/h2-12,15,24,27H,13-14H2,1H3;1H. The van der Waals surface area contributed by atoms with E-state index in [4.69, 9.17) is 17.0 Å². The SMILES string of the molecule is Cc1ccc(C2c3[nH]c4ccc(Br)cc4c3CCN2C(=S)Oc2ccccc2)cc1.[HH]. The lowest BCUT2D eigenvalue weighted by Crippen LogP contribution is -2.42. The van der Waals surface area contributed by atoms with Crippen LogP contribution in [0.15, 0.2) is 77.3 Å². The predicted molar refractivity (Wildman–Crippen MR) is 131 cm³/mol.